The number of unbranched alkanes of at least 4 members (excludes halogenated alkanes) is 1. The van der Waals surface area contributed by atoms with Crippen molar-refractivity contribution < 1.29 is 90.4 Å². The van der Waals surface area contributed by atoms with Crippen molar-refractivity contribution in [3.8, 4) is 0 Å². The van der Waals surface area contributed by atoms with Crippen LogP contribution in [0.15, 0.2) is 30.3 Å². The number of rotatable bonds is 46. The monoisotopic (exact) mass is 1090 g/mol. The van der Waals surface area contributed by atoms with E-state index in [-0.39, 0.29) is 45.3 Å². The SMILES string of the molecule is COCCOCCOCCOCCOCCOCCOCCOCCOCCOCC(=O)NCCCC[C@H](NC(=O)OCc1ccccc1)C(=O)N[C@@H](C)C(=O)N[C@@H](C)C(=O)N[C@@H](C)C(=O)N[C@@H](C)C(=O)OC(C)(C)C. The molecule has 1 aromatic carbocycles. The highest BCUT2D eigenvalue weighted by atomic mass is 16.6. The predicted octanol–water partition coefficient (Wildman–Crippen LogP) is 0.724. The molecule has 0 spiro atoms. The largest absolute Gasteiger partial charge is 0.458 e. The van der Waals surface area contributed by atoms with Gasteiger partial charge in [-0.05, 0) is 73.3 Å². The maximum absolute atomic E-state index is 13.4. The third-order valence-corrected chi connectivity index (χ3v) is 10.1. The lowest BCUT2D eigenvalue weighted by atomic mass is 10.1. The zero-order valence-electron chi connectivity index (χ0n) is 46.0. The molecular weight excluding hydrogens is 1000 g/mol. The molecule has 25 heteroatoms. The Morgan fingerprint density at radius 2 is 0.855 bits per heavy atom. The summed E-state index contributed by atoms with van der Waals surface area (Å²) >= 11 is 0. The highest BCUT2D eigenvalue weighted by Crippen LogP contribution is 2.09. The molecule has 0 aliphatic heterocycles. The van der Waals surface area contributed by atoms with Gasteiger partial charge in [-0.3, -0.25) is 24.0 Å². The van der Waals surface area contributed by atoms with Crippen molar-refractivity contribution in [2.75, 3.05) is 139 Å². The lowest BCUT2D eigenvalue weighted by Crippen LogP contribution is -2.57. The van der Waals surface area contributed by atoms with Crippen LogP contribution in [0, 0.1) is 0 Å². The number of methoxy groups -OCH3 is 1. The number of ether oxygens (including phenoxy) is 12. The Balaban J connectivity index is 2.27. The Morgan fingerprint density at radius 1 is 0.474 bits per heavy atom. The number of hydrogen-bond donors (Lipinski definition) is 6. The topological polar surface area (TPSA) is 302 Å². The molecule has 0 saturated carbocycles. The molecule has 6 N–H and O–H groups in total. The summed E-state index contributed by atoms with van der Waals surface area (Å²) in [6.45, 7) is 18.6. The van der Waals surface area contributed by atoms with E-state index >= 15 is 0 Å². The number of carbonyl (C=O) groups excluding carboxylic acids is 7. The lowest BCUT2D eigenvalue weighted by Gasteiger charge is -2.24. The fourth-order valence-electron chi connectivity index (χ4n) is 5.97. The molecule has 5 atom stereocenters. The first-order valence-electron chi connectivity index (χ1n) is 25.8. The van der Waals surface area contributed by atoms with Crippen molar-refractivity contribution in [2.24, 2.45) is 0 Å². The molecule has 436 valence electrons. The van der Waals surface area contributed by atoms with Crippen molar-refractivity contribution in [2.45, 2.75) is 110 Å². The maximum Gasteiger partial charge on any atom is 0.408 e. The number of carbonyl (C=O) groups is 7. The second-order valence-corrected chi connectivity index (χ2v) is 18.0. The fraction of sp³-hybridized carbons (Fsp3) is 0.745. The van der Waals surface area contributed by atoms with Crippen molar-refractivity contribution >= 4 is 41.6 Å². The fourth-order valence-corrected chi connectivity index (χ4v) is 5.97. The summed E-state index contributed by atoms with van der Waals surface area (Å²) in [6, 6.07) is 3.49. The maximum atomic E-state index is 13.4. The van der Waals surface area contributed by atoms with Crippen molar-refractivity contribution in [3.63, 3.8) is 0 Å². The first-order valence-corrected chi connectivity index (χ1v) is 25.8. The Hall–Kier alpha value is -5.09. The van der Waals surface area contributed by atoms with Crippen molar-refractivity contribution in [1.29, 1.82) is 0 Å². The molecule has 76 heavy (non-hydrogen) atoms. The number of hydrogen-bond acceptors (Lipinski definition) is 19. The molecule has 1 aromatic rings. The quantitative estimate of drug-likeness (QED) is 0.0387. The average Bonchev–Trinajstić information content (AvgIpc) is 3.37. The van der Waals surface area contributed by atoms with Gasteiger partial charge in [-0.15, -0.1) is 0 Å². The van der Waals surface area contributed by atoms with Gasteiger partial charge in [-0.1, -0.05) is 30.3 Å². The van der Waals surface area contributed by atoms with E-state index in [2.05, 4.69) is 31.9 Å². The number of nitrogens with one attached hydrogen (secondary N) is 6. The third-order valence-electron chi connectivity index (χ3n) is 10.1. The molecule has 0 aliphatic carbocycles. The van der Waals surface area contributed by atoms with Gasteiger partial charge >= 0.3 is 12.1 Å². The van der Waals surface area contributed by atoms with E-state index in [9.17, 15) is 33.6 Å². The van der Waals surface area contributed by atoms with E-state index in [4.69, 9.17) is 56.8 Å². The minimum Gasteiger partial charge on any atom is -0.458 e. The molecule has 0 unspecified atom stereocenters. The summed E-state index contributed by atoms with van der Waals surface area (Å²) in [5.74, 6) is -3.74. The molecule has 0 radical (unpaired) electrons. The van der Waals surface area contributed by atoms with E-state index in [0.717, 1.165) is 5.56 Å². The summed E-state index contributed by atoms with van der Waals surface area (Å²) in [4.78, 5) is 89.4. The smallest absolute Gasteiger partial charge is 0.408 e. The van der Waals surface area contributed by atoms with Gasteiger partial charge in [0.05, 0.1) is 119 Å². The summed E-state index contributed by atoms with van der Waals surface area (Å²) < 4.78 is 64.5. The zero-order chi connectivity index (χ0) is 56.2. The van der Waals surface area contributed by atoms with Gasteiger partial charge in [0, 0.05) is 13.7 Å². The number of esters is 1. The van der Waals surface area contributed by atoms with Gasteiger partial charge in [0.25, 0.3) is 0 Å². The van der Waals surface area contributed by atoms with Crippen LogP contribution in [0.4, 0.5) is 4.79 Å². The van der Waals surface area contributed by atoms with Crippen molar-refractivity contribution in [1.82, 2.24) is 31.9 Å². The molecule has 0 aromatic heterocycles. The van der Waals surface area contributed by atoms with Crippen LogP contribution in [0.25, 0.3) is 0 Å². The molecule has 0 heterocycles. The normalized spacial score (nSPS) is 13.3. The number of benzene rings is 1. The second kappa shape index (κ2) is 44.0. The third kappa shape index (κ3) is 38.5. The Kier molecular flexibility index (Phi) is 39.9. The Labute approximate surface area is 448 Å². The summed E-state index contributed by atoms with van der Waals surface area (Å²) in [5.41, 5.74) is -0.0266. The van der Waals surface area contributed by atoms with Gasteiger partial charge in [0.2, 0.25) is 29.5 Å². The van der Waals surface area contributed by atoms with Gasteiger partial charge < -0.3 is 88.7 Å². The van der Waals surface area contributed by atoms with Gasteiger partial charge in [0.15, 0.2) is 0 Å². The predicted molar refractivity (Wildman–Crippen MR) is 276 cm³/mol. The lowest BCUT2D eigenvalue weighted by molar-refractivity contribution is -0.158. The molecule has 0 bridgehead atoms. The van der Waals surface area contributed by atoms with Gasteiger partial charge in [-0.2, -0.15) is 0 Å². The molecule has 0 fully saturated rings. The zero-order valence-corrected chi connectivity index (χ0v) is 46.0. The minimum absolute atomic E-state index is 0.0470. The van der Waals surface area contributed by atoms with E-state index in [0.29, 0.717) is 119 Å². The van der Waals surface area contributed by atoms with Crippen LogP contribution in [0.2, 0.25) is 0 Å². The van der Waals surface area contributed by atoms with Crippen LogP contribution in [-0.2, 0) is 92.2 Å². The van der Waals surface area contributed by atoms with E-state index < -0.39 is 71.5 Å². The van der Waals surface area contributed by atoms with Crippen LogP contribution in [-0.4, -0.2) is 217 Å². The molecule has 1 rings (SSSR count). The molecule has 0 saturated heterocycles. The highest BCUT2D eigenvalue weighted by molar-refractivity contribution is 5.95. The number of amides is 6. The summed E-state index contributed by atoms with van der Waals surface area (Å²) in [7, 11) is 1.63. The van der Waals surface area contributed by atoms with Crippen LogP contribution in [0.1, 0.15) is 73.3 Å². The van der Waals surface area contributed by atoms with Crippen molar-refractivity contribution in [3.05, 3.63) is 35.9 Å². The van der Waals surface area contributed by atoms with Gasteiger partial charge in [0.1, 0.15) is 49.0 Å². The van der Waals surface area contributed by atoms with Gasteiger partial charge in [-0.25, -0.2) is 9.59 Å². The first-order chi connectivity index (χ1) is 36.4. The van der Waals surface area contributed by atoms with Crippen LogP contribution < -0.4 is 31.9 Å². The Morgan fingerprint density at radius 3 is 1.26 bits per heavy atom. The molecular formula is C51H88N6O19. The number of alkyl carbamates (subject to hydrolysis) is 1. The van der Waals surface area contributed by atoms with Crippen LogP contribution >= 0.6 is 0 Å². The van der Waals surface area contributed by atoms with Crippen LogP contribution in [0.5, 0.6) is 0 Å². The summed E-state index contributed by atoms with van der Waals surface area (Å²) in [6.07, 6.45) is 0.0922. The standard InChI is InChI=1S/C51H88N6O19/c1-38(45(59)54-39(2)47(61)56-41(4)49(63)76-51(5,6)7)53-46(60)40(3)55-48(62)43(57-50(64)75-36-42-14-10-9-11-15-42)16-12-13-17-52-44(58)37-74-35-34-73-33-32-72-31-30-71-29-28-70-27-26-69-25-24-68-23-22-67-21-20-66-19-18-65-8/h9-11,14-15,38-41,43H,12-13,16-37H2,1-8H3,(H,52,58)(H,53,60)(H,54,59)(H,55,62)(H,56,61)(H,57,64)/t38-,39-,40-,41-,43-/m0/s1. The highest BCUT2D eigenvalue weighted by Gasteiger charge is 2.29. The first kappa shape index (κ1) is 68.9. The molecule has 6 amide bonds. The average molecular weight is 1090 g/mol. The minimum atomic E-state index is -1.15. The van der Waals surface area contributed by atoms with Crippen LogP contribution in [0.3, 0.4) is 0 Å². The summed E-state index contributed by atoms with van der Waals surface area (Å²) in [5, 5.41) is 15.3. The van der Waals surface area contributed by atoms with E-state index in [1.165, 1.54) is 27.7 Å². The Bertz CT molecular complexity index is 1740. The van der Waals surface area contributed by atoms with E-state index in [1.807, 2.05) is 6.07 Å². The second-order valence-electron chi connectivity index (χ2n) is 18.0. The van der Waals surface area contributed by atoms with E-state index in [1.54, 1.807) is 52.1 Å². The molecule has 0 aliphatic rings. The molecule has 25 nitrogen and oxygen atoms in total.